The van der Waals surface area contributed by atoms with Crippen LogP contribution in [0, 0.1) is 6.92 Å². The van der Waals surface area contributed by atoms with E-state index in [-0.39, 0.29) is 18.0 Å². The summed E-state index contributed by atoms with van der Waals surface area (Å²) in [5, 5.41) is 0. The fraction of sp³-hybridized carbons (Fsp3) is 0.538. The number of benzene rings is 1. The van der Waals surface area contributed by atoms with Crippen molar-refractivity contribution in [3.63, 3.8) is 0 Å². The second-order valence-corrected chi connectivity index (χ2v) is 6.99. The Balaban J connectivity index is 1.99. The fourth-order valence-electron chi connectivity index (χ4n) is 2.40. The van der Waals surface area contributed by atoms with Gasteiger partial charge < -0.3 is 0 Å². The highest BCUT2D eigenvalue weighted by Crippen LogP contribution is 2.21. The van der Waals surface area contributed by atoms with Crippen LogP contribution in [0.25, 0.3) is 0 Å². The lowest BCUT2D eigenvalue weighted by Crippen LogP contribution is -2.39. The Bertz CT molecular complexity index is 602. The van der Waals surface area contributed by atoms with Crippen LogP contribution in [-0.2, 0) is 10.0 Å². The number of alkyl halides is 3. The first-order valence-electron chi connectivity index (χ1n) is 6.54. The van der Waals surface area contributed by atoms with Crippen LogP contribution in [0.3, 0.4) is 0 Å². The Morgan fingerprint density at radius 1 is 1.38 bits per heavy atom. The largest absolute Gasteiger partial charge is 0.401 e. The Hall–Kier alpha value is -1.12. The third-order valence-electron chi connectivity index (χ3n) is 3.30. The molecule has 0 aliphatic carbocycles. The van der Waals surface area contributed by atoms with E-state index in [4.69, 9.17) is 0 Å². The van der Waals surface area contributed by atoms with Gasteiger partial charge in [0.25, 0.3) is 0 Å². The van der Waals surface area contributed by atoms with Gasteiger partial charge in [-0.2, -0.15) is 13.2 Å². The van der Waals surface area contributed by atoms with Gasteiger partial charge in [0.2, 0.25) is 10.0 Å². The van der Waals surface area contributed by atoms with Crippen LogP contribution >= 0.6 is 0 Å². The van der Waals surface area contributed by atoms with Crippen LogP contribution in [-0.4, -0.2) is 45.2 Å². The van der Waals surface area contributed by atoms with E-state index in [1.807, 2.05) is 0 Å². The summed E-state index contributed by atoms with van der Waals surface area (Å²) in [6.45, 7) is 1.08. The van der Waals surface area contributed by atoms with E-state index in [0.29, 0.717) is 6.42 Å². The molecule has 0 saturated carbocycles. The van der Waals surface area contributed by atoms with Gasteiger partial charge in [-0.05, 0) is 31.0 Å². The number of sulfonamides is 1. The summed E-state index contributed by atoms with van der Waals surface area (Å²) < 4.78 is 63.7. The zero-order chi connectivity index (χ0) is 15.7. The SMILES string of the molecule is Cc1cccc(S(=O)(=O)N[C@@H]2CCN(CC(F)(F)F)C2)c1. The zero-order valence-electron chi connectivity index (χ0n) is 11.5. The normalized spacial score (nSPS) is 20.9. The minimum absolute atomic E-state index is 0.0740. The minimum Gasteiger partial charge on any atom is -0.293 e. The molecule has 1 aromatic carbocycles. The molecule has 1 N–H and O–H groups in total. The summed E-state index contributed by atoms with van der Waals surface area (Å²) in [4.78, 5) is 1.35. The monoisotopic (exact) mass is 322 g/mol. The quantitative estimate of drug-likeness (QED) is 0.921. The molecule has 1 aromatic rings. The van der Waals surface area contributed by atoms with Gasteiger partial charge in [0.05, 0.1) is 11.4 Å². The number of rotatable bonds is 4. The van der Waals surface area contributed by atoms with Crippen molar-refractivity contribution < 1.29 is 21.6 Å². The smallest absolute Gasteiger partial charge is 0.293 e. The molecule has 2 rings (SSSR count). The van der Waals surface area contributed by atoms with Crippen molar-refractivity contribution in [2.75, 3.05) is 19.6 Å². The summed E-state index contributed by atoms with van der Waals surface area (Å²) in [7, 11) is -3.69. The number of halogens is 3. The first-order chi connectivity index (χ1) is 9.66. The average molecular weight is 322 g/mol. The Morgan fingerprint density at radius 2 is 2.10 bits per heavy atom. The third-order valence-corrected chi connectivity index (χ3v) is 4.82. The van der Waals surface area contributed by atoms with Crippen LogP contribution in [0.2, 0.25) is 0 Å². The van der Waals surface area contributed by atoms with E-state index in [9.17, 15) is 21.6 Å². The zero-order valence-corrected chi connectivity index (χ0v) is 12.3. The van der Waals surface area contributed by atoms with Gasteiger partial charge in [0.1, 0.15) is 0 Å². The van der Waals surface area contributed by atoms with Crippen LogP contribution in [0.4, 0.5) is 13.2 Å². The molecule has 0 amide bonds. The molecule has 118 valence electrons. The van der Waals surface area contributed by atoms with Crippen molar-refractivity contribution in [3.05, 3.63) is 29.8 Å². The molecule has 1 fully saturated rings. The van der Waals surface area contributed by atoms with Crippen molar-refractivity contribution in [1.82, 2.24) is 9.62 Å². The molecule has 4 nitrogen and oxygen atoms in total. The lowest BCUT2D eigenvalue weighted by atomic mass is 10.2. The van der Waals surface area contributed by atoms with Crippen molar-refractivity contribution in [3.8, 4) is 0 Å². The van der Waals surface area contributed by atoms with Gasteiger partial charge in [0, 0.05) is 19.1 Å². The average Bonchev–Trinajstić information content (AvgIpc) is 2.73. The van der Waals surface area contributed by atoms with Crippen molar-refractivity contribution in [2.24, 2.45) is 0 Å². The highest BCUT2D eigenvalue weighted by molar-refractivity contribution is 7.89. The van der Waals surface area contributed by atoms with E-state index in [1.165, 1.54) is 17.0 Å². The molecular formula is C13H17F3N2O2S. The lowest BCUT2D eigenvalue weighted by Gasteiger charge is -2.18. The molecule has 0 bridgehead atoms. The Kier molecular flexibility index (Phi) is 4.60. The third kappa shape index (κ3) is 4.69. The molecule has 1 aliphatic heterocycles. The summed E-state index contributed by atoms with van der Waals surface area (Å²) in [6, 6.07) is 5.93. The number of nitrogens with one attached hydrogen (secondary N) is 1. The first-order valence-corrected chi connectivity index (χ1v) is 8.02. The predicted molar refractivity (Wildman–Crippen MR) is 72.4 cm³/mol. The van der Waals surface area contributed by atoms with Gasteiger partial charge >= 0.3 is 6.18 Å². The van der Waals surface area contributed by atoms with E-state index in [0.717, 1.165) is 5.56 Å². The molecular weight excluding hydrogens is 305 g/mol. The fourth-order valence-corrected chi connectivity index (χ4v) is 3.76. The van der Waals surface area contributed by atoms with Gasteiger partial charge in [0.15, 0.2) is 0 Å². The summed E-state index contributed by atoms with van der Waals surface area (Å²) in [6.07, 6.45) is -3.88. The standard InChI is InChI=1S/C13H17F3N2O2S/c1-10-3-2-4-12(7-10)21(19,20)17-11-5-6-18(8-11)9-13(14,15)16/h2-4,7,11,17H,5-6,8-9H2,1H3/t11-/m1/s1. The molecule has 1 heterocycles. The van der Waals surface area contributed by atoms with Gasteiger partial charge in [-0.1, -0.05) is 12.1 Å². The second-order valence-electron chi connectivity index (χ2n) is 5.27. The van der Waals surface area contributed by atoms with E-state index in [1.54, 1.807) is 19.1 Å². The van der Waals surface area contributed by atoms with Gasteiger partial charge in [-0.15, -0.1) is 0 Å². The van der Waals surface area contributed by atoms with E-state index in [2.05, 4.69) is 4.72 Å². The molecule has 1 atom stereocenters. The lowest BCUT2D eigenvalue weighted by molar-refractivity contribution is -0.143. The molecule has 8 heteroatoms. The van der Waals surface area contributed by atoms with E-state index >= 15 is 0 Å². The maximum absolute atomic E-state index is 12.3. The van der Waals surface area contributed by atoms with Gasteiger partial charge in [-0.25, -0.2) is 13.1 Å². The summed E-state index contributed by atoms with van der Waals surface area (Å²) in [5.41, 5.74) is 0.808. The maximum atomic E-state index is 12.3. The van der Waals surface area contributed by atoms with Crippen LogP contribution in [0.5, 0.6) is 0 Å². The van der Waals surface area contributed by atoms with E-state index < -0.39 is 28.8 Å². The molecule has 21 heavy (non-hydrogen) atoms. The molecule has 1 saturated heterocycles. The summed E-state index contributed by atoms with van der Waals surface area (Å²) in [5.74, 6) is 0. The summed E-state index contributed by atoms with van der Waals surface area (Å²) >= 11 is 0. The van der Waals surface area contributed by atoms with Crippen LogP contribution in [0.15, 0.2) is 29.2 Å². The van der Waals surface area contributed by atoms with Crippen molar-refractivity contribution >= 4 is 10.0 Å². The number of nitrogens with zero attached hydrogens (tertiary/aromatic N) is 1. The highest BCUT2D eigenvalue weighted by atomic mass is 32.2. The van der Waals surface area contributed by atoms with Crippen molar-refractivity contribution in [1.29, 1.82) is 0 Å². The minimum atomic E-state index is -4.26. The first kappa shape index (κ1) is 16.3. The molecule has 0 aromatic heterocycles. The topological polar surface area (TPSA) is 49.4 Å². The Labute approximate surface area is 122 Å². The van der Waals surface area contributed by atoms with Crippen molar-refractivity contribution in [2.45, 2.75) is 30.5 Å². The molecule has 0 spiro atoms. The number of hydrogen-bond acceptors (Lipinski definition) is 3. The maximum Gasteiger partial charge on any atom is 0.401 e. The predicted octanol–water partition coefficient (Wildman–Crippen LogP) is 1.91. The highest BCUT2D eigenvalue weighted by Gasteiger charge is 2.35. The van der Waals surface area contributed by atoms with Gasteiger partial charge in [-0.3, -0.25) is 4.90 Å². The van der Waals surface area contributed by atoms with Crippen LogP contribution < -0.4 is 4.72 Å². The Morgan fingerprint density at radius 3 is 2.71 bits per heavy atom. The number of likely N-dealkylation sites (tertiary alicyclic amines) is 1. The molecule has 1 aliphatic rings. The molecule has 0 unspecified atom stereocenters. The number of hydrogen-bond donors (Lipinski definition) is 1. The number of aryl methyl sites for hydroxylation is 1. The second kappa shape index (κ2) is 5.94. The van der Waals surface area contributed by atoms with Crippen LogP contribution in [0.1, 0.15) is 12.0 Å². The molecule has 0 radical (unpaired) electrons.